The average Bonchev–Trinajstić information content (AvgIpc) is 2.98. The molecule has 0 radical (unpaired) electrons. The van der Waals surface area contributed by atoms with Crippen LogP contribution in [0, 0.1) is 5.82 Å². The van der Waals surface area contributed by atoms with Gasteiger partial charge in [0.1, 0.15) is 11.6 Å². The summed E-state index contributed by atoms with van der Waals surface area (Å²) in [6.07, 6.45) is 2.16. The average molecular weight is 280 g/mol. The summed E-state index contributed by atoms with van der Waals surface area (Å²) in [6.45, 7) is 3.77. The van der Waals surface area contributed by atoms with Crippen molar-refractivity contribution in [2.75, 3.05) is 26.7 Å². The van der Waals surface area contributed by atoms with Crippen molar-refractivity contribution < 1.29 is 13.9 Å². The smallest absolute Gasteiger partial charge is 0.236 e. The molecule has 1 unspecified atom stereocenters. The monoisotopic (exact) mass is 280 g/mol. The van der Waals surface area contributed by atoms with Gasteiger partial charge in [0, 0.05) is 30.8 Å². The Balaban J connectivity index is 1.91. The summed E-state index contributed by atoms with van der Waals surface area (Å²) in [7, 11) is 1.50. The first-order valence-electron chi connectivity index (χ1n) is 6.96. The number of likely N-dealkylation sites (tertiary alicyclic amines) is 1. The third-order valence-corrected chi connectivity index (χ3v) is 3.69. The van der Waals surface area contributed by atoms with Gasteiger partial charge in [-0.25, -0.2) is 4.39 Å². The predicted molar refractivity (Wildman–Crippen MR) is 75.2 cm³/mol. The highest BCUT2D eigenvalue weighted by molar-refractivity contribution is 5.78. The summed E-state index contributed by atoms with van der Waals surface area (Å²) < 4.78 is 18.9. The van der Waals surface area contributed by atoms with E-state index >= 15 is 0 Å². The van der Waals surface area contributed by atoms with Gasteiger partial charge >= 0.3 is 0 Å². The number of hydrogen-bond donors (Lipinski definition) is 1. The Bertz CT molecular complexity index is 473. The van der Waals surface area contributed by atoms with Crippen molar-refractivity contribution in [1.29, 1.82) is 0 Å². The van der Waals surface area contributed by atoms with Gasteiger partial charge in [0.05, 0.1) is 13.7 Å². The van der Waals surface area contributed by atoms with E-state index in [4.69, 9.17) is 4.74 Å². The Labute approximate surface area is 118 Å². The number of carbonyl (C=O) groups excluding carboxylic acids is 1. The van der Waals surface area contributed by atoms with Crippen molar-refractivity contribution in [2.45, 2.75) is 25.8 Å². The lowest BCUT2D eigenvalue weighted by molar-refractivity contribution is -0.129. The number of rotatable bonds is 5. The lowest BCUT2D eigenvalue weighted by Crippen LogP contribution is -2.37. The first-order valence-corrected chi connectivity index (χ1v) is 6.96. The maximum atomic E-state index is 13.9. The molecule has 0 bridgehead atoms. The zero-order valence-corrected chi connectivity index (χ0v) is 12.0. The summed E-state index contributed by atoms with van der Waals surface area (Å²) in [5, 5.41) is 3.08. The Morgan fingerprint density at radius 3 is 2.75 bits per heavy atom. The van der Waals surface area contributed by atoms with Gasteiger partial charge in [0.15, 0.2) is 0 Å². The molecule has 1 heterocycles. The van der Waals surface area contributed by atoms with Crippen LogP contribution < -0.4 is 10.1 Å². The summed E-state index contributed by atoms with van der Waals surface area (Å²) in [5.74, 6) is 0.257. The highest BCUT2D eigenvalue weighted by Crippen LogP contribution is 2.21. The van der Waals surface area contributed by atoms with E-state index in [1.807, 2.05) is 11.8 Å². The van der Waals surface area contributed by atoms with E-state index < -0.39 is 0 Å². The predicted octanol–water partition coefficient (Wildman–Crippen LogP) is 2.11. The molecule has 4 nitrogen and oxygen atoms in total. The third kappa shape index (κ3) is 3.48. The van der Waals surface area contributed by atoms with Gasteiger partial charge in [0.25, 0.3) is 0 Å². The standard InChI is InChI=1S/C15H21FN2O2/c1-11(13-6-5-12(20-2)9-14(13)16)17-10-15(19)18-7-3-4-8-18/h5-6,9,11,17H,3-4,7-8,10H2,1-2H3. The fraction of sp³-hybridized carbons (Fsp3) is 0.533. The number of carbonyl (C=O) groups is 1. The summed E-state index contributed by atoms with van der Waals surface area (Å²) in [5.41, 5.74) is 0.542. The van der Waals surface area contributed by atoms with E-state index in [1.165, 1.54) is 13.2 Å². The molecule has 1 N–H and O–H groups in total. The van der Waals surface area contributed by atoms with Crippen molar-refractivity contribution >= 4 is 5.91 Å². The molecule has 1 aromatic rings. The Morgan fingerprint density at radius 2 is 2.15 bits per heavy atom. The van der Waals surface area contributed by atoms with Crippen molar-refractivity contribution in [3.63, 3.8) is 0 Å². The van der Waals surface area contributed by atoms with Gasteiger partial charge in [-0.3, -0.25) is 4.79 Å². The number of halogens is 1. The van der Waals surface area contributed by atoms with Crippen LogP contribution >= 0.6 is 0 Å². The van der Waals surface area contributed by atoms with Crippen LogP contribution in [0.25, 0.3) is 0 Å². The molecule has 1 aromatic carbocycles. The molecule has 20 heavy (non-hydrogen) atoms. The van der Waals surface area contributed by atoms with E-state index in [-0.39, 0.29) is 24.3 Å². The highest BCUT2D eigenvalue weighted by atomic mass is 19.1. The molecule has 0 saturated carbocycles. The van der Waals surface area contributed by atoms with Crippen LogP contribution in [0.2, 0.25) is 0 Å². The lowest BCUT2D eigenvalue weighted by atomic mass is 10.1. The summed E-state index contributed by atoms with van der Waals surface area (Å²) in [4.78, 5) is 13.8. The van der Waals surface area contributed by atoms with Crippen molar-refractivity contribution in [3.05, 3.63) is 29.6 Å². The minimum Gasteiger partial charge on any atom is -0.497 e. The number of amides is 1. The molecular weight excluding hydrogens is 259 g/mol. The summed E-state index contributed by atoms with van der Waals surface area (Å²) in [6, 6.07) is 4.55. The van der Waals surface area contributed by atoms with E-state index in [1.54, 1.807) is 12.1 Å². The topological polar surface area (TPSA) is 41.6 Å². The van der Waals surface area contributed by atoms with Crippen LogP contribution in [0.15, 0.2) is 18.2 Å². The van der Waals surface area contributed by atoms with Crippen LogP contribution in [-0.2, 0) is 4.79 Å². The van der Waals surface area contributed by atoms with Crippen LogP contribution in [0.5, 0.6) is 5.75 Å². The second kappa shape index (κ2) is 6.70. The van der Waals surface area contributed by atoms with Gasteiger partial charge < -0.3 is 15.0 Å². The van der Waals surface area contributed by atoms with Crippen molar-refractivity contribution in [2.24, 2.45) is 0 Å². The fourth-order valence-corrected chi connectivity index (χ4v) is 2.41. The van der Waals surface area contributed by atoms with Gasteiger partial charge in [-0.1, -0.05) is 6.07 Å². The molecule has 0 spiro atoms. The first kappa shape index (κ1) is 14.8. The van der Waals surface area contributed by atoms with Gasteiger partial charge in [-0.05, 0) is 25.8 Å². The maximum Gasteiger partial charge on any atom is 0.236 e. The number of benzene rings is 1. The van der Waals surface area contributed by atoms with E-state index in [0.717, 1.165) is 25.9 Å². The van der Waals surface area contributed by atoms with Crippen molar-refractivity contribution in [1.82, 2.24) is 10.2 Å². The van der Waals surface area contributed by atoms with Crippen molar-refractivity contribution in [3.8, 4) is 5.75 Å². The summed E-state index contributed by atoms with van der Waals surface area (Å²) >= 11 is 0. The molecule has 1 saturated heterocycles. The molecule has 1 atom stereocenters. The van der Waals surface area contributed by atoms with E-state index in [2.05, 4.69) is 5.32 Å². The van der Waals surface area contributed by atoms with Crippen LogP contribution in [-0.4, -0.2) is 37.6 Å². The number of hydrogen-bond acceptors (Lipinski definition) is 3. The van der Waals surface area contributed by atoms with Crippen LogP contribution in [0.1, 0.15) is 31.4 Å². The Hall–Kier alpha value is -1.62. The molecule has 1 amide bonds. The normalized spacial score (nSPS) is 16.2. The SMILES string of the molecule is COc1ccc(C(C)NCC(=O)N2CCCC2)c(F)c1. The molecule has 1 aliphatic rings. The van der Waals surface area contributed by atoms with Gasteiger partial charge in [0.2, 0.25) is 5.91 Å². The molecule has 5 heteroatoms. The first-order chi connectivity index (χ1) is 9.61. The number of methoxy groups -OCH3 is 1. The quantitative estimate of drug-likeness (QED) is 0.898. The fourth-order valence-electron chi connectivity index (χ4n) is 2.41. The molecule has 1 aliphatic heterocycles. The molecule has 110 valence electrons. The lowest BCUT2D eigenvalue weighted by Gasteiger charge is -2.19. The zero-order chi connectivity index (χ0) is 14.5. The van der Waals surface area contributed by atoms with Gasteiger partial charge in [-0.2, -0.15) is 0 Å². The second-order valence-electron chi connectivity index (χ2n) is 5.08. The Morgan fingerprint density at radius 1 is 1.45 bits per heavy atom. The van der Waals surface area contributed by atoms with E-state index in [0.29, 0.717) is 11.3 Å². The van der Waals surface area contributed by atoms with Gasteiger partial charge in [-0.15, -0.1) is 0 Å². The minimum atomic E-state index is -0.321. The maximum absolute atomic E-state index is 13.9. The van der Waals surface area contributed by atoms with Crippen LogP contribution in [0.3, 0.4) is 0 Å². The minimum absolute atomic E-state index is 0.0864. The largest absolute Gasteiger partial charge is 0.497 e. The molecular formula is C15H21FN2O2. The second-order valence-corrected chi connectivity index (χ2v) is 5.08. The molecule has 0 aromatic heterocycles. The highest BCUT2D eigenvalue weighted by Gasteiger charge is 2.19. The molecule has 1 fully saturated rings. The molecule has 0 aliphatic carbocycles. The van der Waals surface area contributed by atoms with E-state index in [9.17, 15) is 9.18 Å². The van der Waals surface area contributed by atoms with Crippen LogP contribution in [0.4, 0.5) is 4.39 Å². The Kier molecular flexibility index (Phi) is 4.95. The number of nitrogens with one attached hydrogen (secondary N) is 1. The third-order valence-electron chi connectivity index (χ3n) is 3.69. The number of nitrogens with zero attached hydrogens (tertiary/aromatic N) is 1. The molecule has 2 rings (SSSR count). The number of ether oxygens (including phenoxy) is 1. The zero-order valence-electron chi connectivity index (χ0n) is 12.0.